The quantitative estimate of drug-likeness (QED) is 0.0117. The number of rotatable bonds is 74. The first-order valence-corrected chi connectivity index (χ1v) is 47.3. The second-order valence-corrected chi connectivity index (χ2v) is 34.2. The molecule has 0 aromatic carbocycles. The zero-order chi connectivity index (χ0) is 82.5. The van der Waals surface area contributed by atoms with Gasteiger partial charge in [0.05, 0.1) is 13.2 Å². The molecule has 666 valence electrons. The van der Waals surface area contributed by atoms with Crippen LogP contribution in [0.15, 0.2) is 0 Å². The second kappa shape index (κ2) is 67.2. The van der Waals surface area contributed by atoms with Gasteiger partial charge >= 0.3 is 31.7 Å². The van der Waals surface area contributed by atoms with Crippen LogP contribution < -0.4 is 0 Å². The van der Waals surface area contributed by atoms with Crippen LogP contribution in [0, 0.1) is 0 Å². The van der Waals surface area contributed by atoms with Crippen molar-refractivity contribution in [1.82, 2.24) is 0 Å². The molecule has 0 radical (unpaired) electrons. The molecule has 0 bridgehead atoms. The number of phosphoric ester groups is 1. The molecular weight excluding hydrogens is 1480 g/mol. The van der Waals surface area contributed by atoms with Crippen LogP contribution in [0.25, 0.3) is 0 Å². The molecule has 113 heavy (non-hydrogen) atoms. The molecule has 0 amide bonds. The van der Waals surface area contributed by atoms with E-state index in [1.807, 2.05) is 0 Å². The Kier molecular flexibility index (Phi) is 62.2. The fourth-order valence-electron chi connectivity index (χ4n) is 15.3. The number of unbranched alkanes of at least 4 members (excludes halogenated alkanes) is 50. The molecule has 3 rings (SSSR count). The molecule has 2 aliphatic heterocycles. The minimum Gasteiger partial charge on any atom is -0.463 e. The normalized spacial score (nSPS) is 25.4. The minimum absolute atomic E-state index is 0.0202. The van der Waals surface area contributed by atoms with Gasteiger partial charge in [-0.05, 0) is 25.7 Å². The Balaban J connectivity index is 1.92. The number of carbonyl (C=O) groups excluding carboxylic acids is 4. The topological polar surface area (TPSA) is 380 Å². The van der Waals surface area contributed by atoms with Crippen molar-refractivity contribution in [1.29, 1.82) is 0 Å². The third kappa shape index (κ3) is 47.9. The van der Waals surface area contributed by atoms with Crippen LogP contribution in [-0.2, 0) is 70.7 Å². The van der Waals surface area contributed by atoms with Crippen molar-refractivity contribution in [2.24, 2.45) is 0 Å². The van der Waals surface area contributed by atoms with Gasteiger partial charge < -0.3 is 88.7 Å². The summed E-state index contributed by atoms with van der Waals surface area (Å²) in [5.41, 5.74) is 0. The number of ether oxygens (including phenoxy) is 8. The van der Waals surface area contributed by atoms with Crippen molar-refractivity contribution < 1.29 is 122 Å². The van der Waals surface area contributed by atoms with E-state index in [2.05, 4.69) is 27.7 Å². The van der Waals surface area contributed by atoms with Gasteiger partial charge in [0.1, 0.15) is 92.6 Å². The molecule has 1 saturated carbocycles. The van der Waals surface area contributed by atoms with E-state index < -0.39 is 162 Å². The lowest BCUT2D eigenvalue weighted by molar-refractivity contribution is -0.360. The van der Waals surface area contributed by atoms with Gasteiger partial charge in [0.15, 0.2) is 24.8 Å². The van der Waals surface area contributed by atoms with Crippen LogP contribution in [0.4, 0.5) is 0 Å². The number of esters is 4. The maximum absolute atomic E-state index is 14.9. The highest BCUT2D eigenvalue weighted by Gasteiger charge is 2.60. The van der Waals surface area contributed by atoms with E-state index in [9.17, 15) is 74.6 Å². The highest BCUT2D eigenvalue weighted by Crippen LogP contribution is 2.49. The third-order valence-corrected chi connectivity index (χ3v) is 23.6. The Bertz CT molecular complexity index is 2360. The highest BCUT2D eigenvalue weighted by molar-refractivity contribution is 7.47. The standard InChI is InChI=1S/C87H163O25P/c1-5-9-13-17-21-25-29-33-34-38-40-44-48-52-56-60-71(90)104-66-69-75(94)77(96)81(100)87(108-69)111-84-82(109-73(92)62-58-54-50-46-42-37-32-28-24-20-16-12-8-4)78(97)79(98)83(110-86-80(99)76(95)74(93)68(63-88)107-86)85(84)112-113(101,102)105-65-67(106-72(91)61-57-53-49-45-41-36-31-27-23-19-15-11-7-3)64-103-70(89)59-55-51-47-43-39-35-30-26-22-18-14-10-6-2/h67-69,74-88,93-100H,5-66H2,1-4H3,(H,101,102). The second-order valence-electron chi connectivity index (χ2n) is 32.8. The van der Waals surface area contributed by atoms with Gasteiger partial charge in [-0.1, -0.05) is 349 Å². The van der Waals surface area contributed by atoms with Crippen molar-refractivity contribution in [3.05, 3.63) is 0 Å². The maximum Gasteiger partial charge on any atom is 0.472 e. The zero-order valence-corrected chi connectivity index (χ0v) is 71.6. The molecule has 2 heterocycles. The van der Waals surface area contributed by atoms with Gasteiger partial charge in [0.2, 0.25) is 0 Å². The lowest BCUT2D eigenvalue weighted by Crippen LogP contribution is -2.70. The SMILES string of the molecule is CCCCCCCCCCCCCCCCCC(=O)OCC1OC(OC2C(OC(=O)CCCCCCCCCCCCCCC)C(O)C(O)C(OC3OC(CO)C(O)C(O)C3O)C2OP(=O)(O)OCC(COC(=O)CCCCCCCCCCCCCCC)OC(=O)CCCCCCCCCCCCCCC)C(O)C(O)C1O. The smallest absolute Gasteiger partial charge is 0.463 e. The molecule has 2 saturated heterocycles. The Morgan fingerprint density at radius 2 is 0.611 bits per heavy atom. The van der Waals surface area contributed by atoms with Crippen LogP contribution in [0.3, 0.4) is 0 Å². The van der Waals surface area contributed by atoms with Crippen LogP contribution in [0.1, 0.15) is 400 Å². The first kappa shape index (κ1) is 105. The summed E-state index contributed by atoms with van der Waals surface area (Å²) in [4.78, 5) is 66.3. The summed E-state index contributed by atoms with van der Waals surface area (Å²) >= 11 is 0. The molecule has 0 aromatic rings. The van der Waals surface area contributed by atoms with E-state index in [0.29, 0.717) is 32.1 Å². The van der Waals surface area contributed by atoms with Crippen LogP contribution >= 0.6 is 7.82 Å². The molecule has 10 N–H and O–H groups in total. The van der Waals surface area contributed by atoms with Crippen molar-refractivity contribution in [3.8, 4) is 0 Å². The van der Waals surface area contributed by atoms with Crippen LogP contribution in [-0.4, -0.2) is 205 Å². The van der Waals surface area contributed by atoms with E-state index >= 15 is 0 Å². The van der Waals surface area contributed by atoms with Crippen molar-refractivity contribution >= 4 is 31.7 Å². The zero-order valence-electron chi connectivity index (χ0n) is 70.7. The Morgan fingerprint density at radius 3 is 0.965 bits per heavy atom. The van der Waals surface area contributed by atoms with Crippen molar-refractivity contribution in [2.75, 3.05) is 26.4 Å². The van der Waals surface area contributed by atoms with Crippen LogP contribution in [0.5, 0.6) is 0 Å². The van der Waals surface area contributed by atoms with Gasteiger partial charge in [0.25, 0.3) is 0 Å². The number of aliphatic hydroxyl groups is 9. The van der Waals surface area contributed by atoms with E-state index in [0.717, 1.165) is 128 Å². The van der Waals surface area contributed by atoms with E-state index in [-0.39, 0.29) is 25.7 Å². The summed E-state index contributed by atoms with van der Waals surface area (Å²) in [6.07, 6.45) is 22.6. The maximum atomic E-state index is 14.9. The molecule has 0 aromatic heterocycles. The van der Waals surface area contributed by atoms with E-state index in [4.69, 9.17) is 46.9 Å². The molecule has 0 spiro atoms. The number of hydrogen-bond donors (Lipinski definition) is 10. The largest absolute Gasteiger partial charge is 0.472 e. The molecule has 1 aliphatic carbocycles. The summed E-state index contributed by atoms with van der Waals surface area (Å²) in [6, 6.07) is 0. The highest BCUT2D eigenvalue weighted by atomic mass is 31.2. The lowest BCUT2D eigenvalue weighted by Gasteiger charge is -2.50. The summed E-state index contributed by atoms with van der Waals surface area (Å²) in [6.45, 7) is 5.60. The fourth-order valence-corrected chi connectivity index (χ4v) is 16.3. The molecule has 3 aliphatic rings. The number of hydrogen-bond acceptors (Lipinski definition) is 24. The summed E-state index contributed by atoms with van der Waals surface area (Å²) in [5, 5.41) is 102. The van der Waals surface area contributed by atoms with E-state index in [1.54, 1.807) is 0 Å². The molecule has 18 unspecified atom stereocenters. The Labute approximate surface area is 680 Å². The number of phosphoric acid groups is 1. The molecule has 25 nitrogen and oxygen atoms in total. The summed E-state index contributed by atoms with van der Waals surface area (Å²) < 4.78 is 73.3. The average Bonchev–Trinajstić information content (AvgIpc) is 0.754. The number of aliphatic hydroxyl groups excluding tert-OH is 9. The van der Waals surface area contributed by atoms with Crippen molar-refractivity contribution in [2.45, 2.75) is 504 Å². The van der Waals surface area contributed by atoms with Crippen molar-refractivity contribution in [3.63, 3.8) is 0 Å². The van der Waals surface area contributed by atoms with Gasteiger partial charge in [-0.2, -0.15) is 0 Å². The minimum atomic E-state index is -5.80. The third-order valence-electron chi connectivity index (χ3n) is 22.6. The van der Waals surface area contributed by atoms with E-state index in [1.165, 1.54) is 186 Å². The lowest BCUT2D eigenvalue weighted by atomic mass is 9.84. The fraction of sp³-hybridized carbons (Fsp3) is 0.954. The van der Waals surface area contributed by atoms with Gasteiger partial charge in [0, 0.05) is 25.7 Å². The summed E-state index contributed by atoms with van der Waals surface area (Å²) in [5.74, 6) is -2.94. The predicted molar refractivity (Wildman–Crippen MR) is 435 cm³/mol. The van der Waals surface area contributed by atoms with Gasteiger partial charge in [-0.25, -0.2) is 4.57 Å². The van der Waals surface area contributed by atoms with Gasteiger partial charge in [-0.3, -0.25) is 28.2 Å². The molecular formula is C87H163O25P. The van der Waals surface area contributed by atoms with Crippen LogP contribution in [0.2, 0.25) is 0 Å². The molecule has 18 atom stereocenters. The Hall–Kier alpha value is -2.53. The average molecular weight is 1640 g/mol. The number of carbonyl (C=O) groups is 4. The first-order chi connectivity index (χ1) is 54.7. The predicted octanol–water partition coefficient (Wildman–Crippen LogP) is 16.2. The Morgan fingerprint density at radius 1 is 0.319 bits per heavy atom. The molecule has 26 heteroatoms. The van der Waals surface area contributed by atoms with Gasteiger partial charge in [-0.15, -0.1) is 0 Å². The summed E-state index contributed by atoms with van der Waals surface area (Å²) in [7, 11) is -5.80. The monoisotopic (exact) mass is 1640 g/mol. The molecule has 3 fully saturated rings. The first-order valence-electron chi connectivity index (χ1n) is 45.8.